The van der Waals surface area contributed by atoms with Crippen LogP contribution in [0.1, 0.15) is 26.7 Å². The van der Waals surface area contributed by atoms with Crippen molar-refractivity contribution >= 4 is 11.3 Å². The standard InChI is InChI=1S/C13H20N4O/c1-3-10(4-2)12(18)9-15-13-11-5-6-16-17(11)8-7-14-13/h5-8,10,12,18H,3-4,9H2,1-2H3,(H,14,15). The molecule has 0 saturated heterocycles. The first-order chi connectivity index (χ1) is 8.76. The van der Waals surface area contributed by atoms with E-state index >= 15 is 0 Å². The van der Waals surface area contributed by atoms with E-state index in [4.69, 9.17) is 0 Å². The molecule has 2 aromatic rings. The Bertz CT molecular complexity index is 492. The zero-order chi connectivity index (χ0) is 13.0. The van der Waals surface area contributed by atoms with Gasteiger partial charge in [0.2, 0.25) is 0 Å². The van der Waals surface area contributed by atoms with Crippen LogP contribution in [-0.2, 0) is 0 Å². The normalized spacial score (nSPS) is 13.1. The minimum atomic E-state index is -0.343. The zero-order valence-corrected chi connectivity index (χ0v) is 10.9. The van der Waals surface area contributed by atoms with E-state index in [1.165, 1.54) is 0 Å². The molecule has 0 aliphatic rings. The van der Waals surface area contributed by atoms with Gasteiger partial charge in [0.1, 0.15) is 5.52 Å². The second kappa shape index (κ2) is 5.82. The first kappa shape index (κ1) is 12.8. The average Bonchev–Trinajstić information content (AvgIpc) is 2.86. The van der Waals surface area contributed by atoms with Crippen LogP contribution in [0.5, 0.6) is 0 Å². The van der Waals surface area contributed by atoms with Crippen molar-refractivity contribution < 1.29 is 5.11 Å². The van der Waals surface area contributed by atoms with Crippen molar-refractivity contribution in [2.75, 3.05) is 11.9 Å². The third-order valence-electron chi connectivity index (χ3n) is 3.40. The lowest BCUT2D eigenvalue weighted by Crippen LogP contribution is -2.28. The van der Waals surface area contributed by atoms with E-state index in [1.54, 1.807) is 23.1 Å². The van der Waals surface area contributed by atoms with Crippen molar-refractivity contribution in [3.05, 3.63) is 24.7 Å². The molecule has 0 aliphatic heterocycles. The number of hydrogen-bond acceptors (Lipinski definition) is 4. The Balaban J connectivity index is 2.04. The molecule has 5 heteroatoms. The van der Waals surface area contributed by atoms with Crippen molar-refractivity contribution in [1.29, 1.82) is 0 Å². The van der Waals surface area contributed by atoms with Crippen molar-refractivity contribution in [2.24, 2.45) is 5.92 Å². The molecule has 0 radical (unpaired) electrons. The van der Waals surface area contributed by atoms with Crippen LogP contribution in [0, 0.1) is 5.92 Å². The van der Waals surface area contributed by atoms with E-state index in [2.05, 4.69) is 29.2 Å². The van der Waals surface area contributed by atoms with Gasteiger partial charge in [0, 0.05) is 18.9 Å². The molecule has 5 nitrogen and oxygen atoms in total. The highest BCUT2D eigenvalue weighted by Crippen LogP contribution is 2.16. The number of rotatable bonds is 6. The summed E-state index contributed by atoms with van der Waals surface area (Å²) in [5.41, 5.74) is 0.925. The first-order valence-corrected chi connectivity index (χ1v) is 6.46. The van der Waals surface area contributed by atoms with E-state index in [0.717, 1.165) is 24.2 Å². The number of fused-ring (bicyclic) bond motifs is 1. The van der Waals surface area contributed by atoms with Crippen molar-refractivity contribution in [3.8, 4) is 0 Å². The smallest absolute Gasteiger partial charge is 0.152 e. The Kier molecular flexibility index (Phi) is 4.15. The molecule has 1 atom stereocenters. The fraction of sp³-hybridized carbons (Fsp3) is 0.538. The molecular formula is C13H20N4O. The monoisotopic (exact) mass is 248 g/mol. The second-order valence-corrected chi connectivity index (χ2v) is 4.46. The summed E-state index contributed by atoms with van der Waals surface area (Å²) in [5.74, 6) is 1.10. The van der Waals surface area contributed by atoms with Gasteiger partial charge in [-0.25, -0.2) is 9.50 Å². The fourth-order valence-corrected chi connectivity index (χ4v) is 2.19. The highest BCUT2D eigenvalue weighted by Gasteiger charge is 2.15. The van der Waals surface area contributed by atoms with Crippen molar-refractivity contribution in [1.82, 2.24) is 14.6 Å². The fourth-order valence-electron chi connectivity index (χ4n) is 2.19. The van der Waals surface area contributed by atoms with E-state index in [1.807, 2.05) is 6.07 Å². The number of nitrogens with zero attached hydrogens (tertiary/aromatic N) is 3. The molecular weight excluding hydrogens is 228 g/mol. The topological polar surface area (TPSA) is 62.5 Å². The molecule has 2 N–H and O–H groups in total. The SMILES string of the molecule is CCC(CC)C(O)CNc1nccn2nccc12. The summed E-state index contributed by atoms with van der Waals surface area (Å²) in [6.07, 6.45) is 6.88. The van der Waals surface area contributed by atoms with Crippen molar-refractivity contribution in [3.63, 3.8) is 0 Å². The predicted octanol–water partition coefficient (Wildman–Crippen LogP) is 1.94. The summed E-state index contributed by atoms with van der Waals surface area (Å²) < 4.78 is 1.76. The van der Waals surface area contributed by atoms with Crippen LogP contribution in [-0.4, -0.2) is 32.4 Å². The van der Waals surface area contributed by atoms with Gasteiger partial charge in [0.15, 0.2) is 5.82 Å². The molecule has 18 heavy (non-hydrogen) atoms. The van der Waals surface area contributed by atoms with Gasteiger partial charge in [-0.2, -0.15) is 5.10 Å². The molecule has 0 spiro atoms. The van der Waals surface area contributed by atoms with E-state index in [-0.39, 0.29) is 6.10 Å². The minimum absolute atomic E-state index is 0.335. The number of aliphatic hydroxyl groups is 1. The van der Waals surface area contributed by atoms with Crippen LogP contribution in [0.4, 0.5) is 5.82 Å². The Morgan fingerprint density at radius 3 is 2.83 bits per heavy atom. The summed E-state index contributed by atoms with van der Waals surface area (Å²) in [4.78, 5) is 4.28. The molecule has 2 heterocycles. The van der Waals surface area contributed by atoms with E-state index < -0.39 is 0 Å². The molecule has 0 saturated carbocycles. The van der Waals surface area contributed by atoms with Gasteiger partial charge >= 0.3 is 0 Å². The number of aromatic nitrogens is 3. The number of anilines is 1. The van der Waals surface area contributed by atoms with Gasteiger partial charge in [-0.1, -0.05) is 26.7 Å². The van der Waals surface area contributed by atoms with Crippen LogP contribution >= 0.6 is 0 Å². The third-order valence-corrected chi connectivity index (χ3v) is 3.40. The highest BCUT2D eigenvalue weighted by molar-refractivity contribution is 5.66. The molecule has 0 aliphatic carbocycles. The molecule has 2 rings (SSSR count). The van der Waals surface area contributed by atoms with E-state index in [0.29, 0.717) is 12.5 Å². The van der Waals surface area contributed by atoms with Crippen LogP contribution < -0.4 is 5.32 Å². The Hall–Kier alpha value is -1.62. The Labute approximate surface area is 107 Å². The first-order valence-electron chi connectivity index (χ1n) is 6.46. The summed E-state index contributed by atoms with van der Waals surface area (Å²) in [7, 11) is 0. The van der Waals surface area contributed by atoms with Gasteiger partial charge in [0.25, 0.3) is 0 Å². The Morgan fingerprint density at radius 1 is 1.33 bits per heavy atom. The van der Waals surface area contributed by atoms with Gasteiger partial charge < -0.3 is 10.4 Å². The van der Waals surface area contributed by atoms with Crippen LogP contribution in [0.2, 0.25) is 0 Å². The molecule has 1 unspecified atom stereocenters. The predicted molar refractivity (Wildman–Crippen MR) is 71.6 cm³/mol. The third kappa shape index (κ3) is 2.61. The maximum Gasteiger partial charge on any atom is 0.152 e. The maximum absolute atomic E-state index is 10.1. The molecule has 98 valence electrons. The van der Waals surface area contributed by atoms with Gasteiger partial charge in [-0.3, -0.25) is 0 Å². The molecule has 0 bridgehead atoms. The lowest BCUT2D eigenvalue weighted by atomic mass is 9.96. The molecule has 2 aromatic heterocycles. The summed E-state index contributed by atoms with van der Waals surface area (Å²) in [5, 5.41) is 17.4. The number of nitrogens with one attached hydrogen (secondary N) is 1. The molecule has 0 fully saturated rings. The summed E-state index contributed by atoms with van der Waals surface area (Å²) in [6.45, 7) is 4.73. The quantitative estimate of drug-likeness (QED) is 0.820. The van der Waals surface area contributed by atoms with Gasteiger partial charge in [-0.05, 0) is 12.0 Å². The zero-order valence-electron chi connectivity index (χ0n) is 10.9. The Morgan fingerprint density at radius 2 is 2.11 bits per heavy atom. The average molecular weight is 248 g/mol. The van der Waals surface area contributed by atoms with Crippen LogP contribution in [0.3, 0.4) is 0 Å². The largest absolute Gasteiger partial charge is 0.391 e. The molecule has 0 amide bonds. The summed E-state index contributed by atoms with van der Waals surface area (Å²) >= 11 is 0. The lowest BCUT2D eigenvalue weighted by molar-refractivity contribution is 0.114. The van der Waals surface area contributed by atoms with Gasteiger partial charge in [-0.15, -0.1) is 0 Å². The van der Waals surface area contributed by atoms with E-state index in [9.17, 15) is 5.11 Å². The number of aliphatic hydroxyl groups excluding tert-OH is 1. The maximum atomic E-state index is 10.1. The van der Waals surface area contributed by atoms with Crippen LogP contribution in [0.25, 0.3) is 5.52 Å². The number of hydrogen-bond donors (Lipinski definition) is 2. The lowest BCUT2D eigenvalue weighted by Gasteiger charge is -2.20. The highest BCUT2D eigenvalue weighted by atomic mass is 16.3. The molecule has 0 aromatic carbocycles. The minimum Gasteiger partial charge on any atom is -0.391 e. The second-order valence-electron chi connectivity index (χ2n) is 4.46. The van der Waals surface area contributed by atoms with Crippen molar-refractivity contribution in [2.45, 2.75) is 32.8 Å². The van der Waals surface area contributed by atoms with Gasteiger partial charge in [0.05, 0.1) is 12.3 Å². The van der Waals surface area contributed by atoms with Crippen LogP contribution in [0.15, 0.2) is 24.7 Å². The summed E-state index contributed by atoms with van der Waals surface area (Å²) in [6, 6.07) is 1.90.